The molecule has 1 aromatic heterocycles. The predicted molar refractivity (Wildman–Crippen MR) is 74.4 cm³/mol. The first-order valence-corrected chi connectivity index (χ1v) is 6.35. The van der Waals surface area contributed by atoms with Crippen molar-refractivity contribution in [2.75, 3.05) is 19.5 Å². The van der Waals surface area contributed by atoms with E-state index in [-0.39, 0.29) is 23.9 Å². The molecule has 1 rings (SSSR count). The van der Waals surface area contributed by atoms with Crippen molar-refractivity contribution in [1.82, 2.24) is 9.97 Å². The number of nitrogens with zero attached hydrogens (tertiary/aromatic N) is 3. The van der Waals surface area contributed by atoms with Crippen molar-refractivity contribution >= 4 is 35.0 Å². The van der Waals surface area contributed by atoms with E-state index in [9.17, 15) is 19.7 Å². The number of halogens is 1. The van der Waals surface area contributed by atoms with Gasteiger partial charge in [0.2, 0.25) is 11.1 Å². The first-order valence-electron chi connectivity index (χ1n) is 5.97. The maximum atomic E-state index is 11.7. The van der Waals surface area contributed by atoms with Crippen molar-refractivity contribution in [2.45, 2.75) is 18.9 Å². The maximum Gasteiger partial charge on any atom is 0.329 e. The second-order valence-corrected chi connectivity index (χ2v) is 4.30. The number of ether oxygens (including phenoxy) is 2. The van der Waals surface area contributed by atoms with Crippen LogP contribution in [0.25, 0.3) is 0 Å². The lowest BCUT2D eigenvalue weighted by atomic mass is 10.1. The van der Waals surface area contributed by atoms with Crippen molar-refractivity contribution < 1.29 is 24.0 Å². The monoisotopic (exact) mass is 332 g/mol. The molecule has 1 atom stereocenters. The quantitative estimate of drug-likeness (QED) is 0.335. The highest BCUT2D eigenvalue weighted by Crippen LogP contribution is 2.23. The number of hydrogen-bond acceptors (Lipinski definition) is 9. The summed E-state index contributed by atoms with van der Waals surface area (Å²) in [6.07, 6.45) is 0.820. The molecule has 0 spiro atoms. The molecule has 11 heteroatoms. The number of nitrogens with one attached hydrogen (secondary N) is 1. The van der Waals surface area contributed by atoms with Crippen molar-refractivity contribution in [2.24, 2.45) is 0 Å². The van der Waals surface area contributed by atoms with Crippen LogP contribution in [0, 0.1) is 10.1 Å². The molecule has 0 fully saturated rings. The zero-order valence-corrected chi connectivity index (χ0v) is 12.5. The Morgan fingerprint density at radius 2 is 2.14 bits per heavy atom. The van der Waals surface area contributed by atoms with Crippen LogP contribution in [0.3, 0.4) is 0 Å². The van der Waals surface area contributed by atoms with Gasteiger partial charge in [-0.2, -0.15) is 4.98 Å². The van der Waals surface area contributed by atoms with Gasteiger partial charge in [0.05, 0.1) is 19.1 Å². The molecule has 0 amide bonds. The Morgan fingerprint density at radius 3 is 2.68 bits per heavy atom. The highest BCUT2D eigenvalue weighted by Gasteiger charge is 2.25. The lowest BCUT2D eigenvalue weighted by Gasteiger charge is -2.16. The minimum atomic E-state index is -1.03. The van der Waals surface area contributed by atoms with E-state index in [0.717, 1.165) is 13.3 Å². The zero-order valence-electron chi connectivity index (χ0n) is 11.7. The molecule has 0 aliphatic rings. The smallest absolute Gasteiger partial charge is 0.329 e. The largest absolute Gasteiger partial charge is 0.469 e. The van der Waals surface area contributed by atoms with Gasteiger partial charge < -0.3 is 14.8 Å². The van der Waals surface area contributed by atoms with E-state index >= 15 is 0 Å². The molecule has 0 aliphatic carbocycles. The number of aromatic nitrogens is 2. The highest BCUT2D eigenvalue weighted by atomic mass is 35.5. The van der Waals surface area contributed by atoms with Crippen LogP contribution in [-0.2, 0) is 19.1 Å². The number of nitro groups is 1. The van der Waals surface area contributed by atoms with E-state index in [1.54, 1.807) is 0 Å². The summed E-state index contributed by atoms with van der Waals surface area (Å²) < 4.78 is 9.05. The summed E-state index contributed by atoms with van der Waals surface area (Å²) in [6, 6.07) is -1.03. The van der Waals surface area contributed by atoms with E-state index in [0.29, 0.717) is 0 Å². The fourth-order valence-electron chi connectivity index (χ4n) is 1.51. The summed E-state index contributed by atoms with van der Waals surface area (Å²) in [5.41, 5.74) is -0.462. The Balaban J connectivity index is 2.98. The van der Waals surface area contributed by atoms with Crippen LogP contribution in [-0.4, -0.2) is 47.1 Å². The molecule has 0 unspecified atom stereocenters. The summed E-state index contributed by atoms with van der Waals surface area (Å²) >= 11 is 5.59. The minimum absolute atomic E-state index is 0.00186. The topological polar surface area (TPSA) is 134 Å². The Labute approximate surface area is 129 Å². The molecule has 1 aromatic rings. The first kappa shape index (κ1) is 17.6. The molecule has 0 saturated carbocycles. The third-order valence-corrected chi connectivity index (χ3v) is 2.78. The van der Waals surface area contributed by atoms with Crippen molar-refractivity contribution in [3.63, 3.8) is 0 Å². The molecular weight excluding hydrogens is 320 g/mol. The van der Waals surface area contributed by atoms with Gasteiger partial charge in [0, 0.05) is 6.42 Å². The molecular formula is C11H13ClN4O6. The van der Waals surface area contributed by atoms with Crippen molar-refractivity contribution in [3.8, 4) is 0 Å². The van der Waals surface area contributed by atoms with Crippen LogP contribution in [0.4, 0.5) is 11.5 Å². The van der Waals surface area contributed by atoms with Crippen LogP contribution in [0.2, 0.25) is 5.28 Å². The molecule has 0 radical (unpaired) electrons. The molecule has 0 aromatic carbocycles. The molecule has 22 heavy (non-hydrogen) atoms. The number of anilines is 1. The van der Waals surface area contributed by atoms with Gasteiger partial charge in [0.15, 0.2) is 0 Å². The SMILES string of the molecule is COC(=O)CC[C@H](Nc1nc(Cl)ncc1[N+](=O)[O-])C(=O)OC. The zero-order chi connectivity index (χ0) is 16.7. The minimum Gasteiger partial charge on any atom is -0.469 e. The Bertz CT molecular complexity index is 582. The van der Waals surface area contributed by atoms with Gasteiger partial charge in [-0.25, -0.2) is 9.78 Å². The Kier molecular flexibility index (Phi) is 6.45. The van der Waals surface area contributed by atoms with Crippen LogP contribution in [0.15, 0.2) is 6.20 Å². The van der Waals surface area contributed by atoms with Crippen LogP contribution >= 0.6 is 11.6 Å². The molecule has 10 nitrogen and oxygen atoms in total. The molecule has 0 saturated heterocycles. The molecule has 1 heterocycles. The fourth-order valence-corrected chi connectivity index (χ4v) is 1.65. The Morgan fingerprint density at radius 1 is 1.45 bits per heavy atom. The third kappa shape index (κ3) is 4.81. The van der Waals surface area contributed by atoms with E-state index in [1.165, 1.54) is 7.11 Å². The predicted octanol–water partition coefficient (Wildman–Crippen LogP) is 0.945. The number of carbonyl (C=O) groups is 2. The molecule has 0 aliphatic heterocycles. The Hall–Kier alpha value is -2.49. The second kappa shape index (κ2) is 8.08. The van der Waals surface area contributed by atoms with E-state index in [2.05, 4.69) is 24.8 Å². The third-order valence-electron chi connectivity index (χ3n) is 2.60. The van der Waals surface area contributed by atoms with Gasteiger partial charge in [0.1, 0.15) is 12.2 Å². The molecule has 0 bridgehead atoms. The number of esters is 2. The number of carbonyl (C=O) groups excluding carboxylic acids is 2. The van der Waals surface area contributed by atoms with E-state index in [1.807, 2.05) is 0 Å². The number of hydrogen-bond donors (Lipinski definition) is 1. The molecule has 1 N–H and O–H groups in total. The average molecular weight is 333 g/mol. The van der Waals surface area contributed by atoms with Gasteiger partial charge in [-0.1, -0.05) is 0 Å². The van der Waals surface area contributed by atoms with Gasteiger partial charge in [0.25, 0.3) is 0 Å². The van der Waals surface area contributed by atoms with Gasteiger partial charge >= 0.3 is 17.6 Å². The lowest BCUT2D eigenvalue weighted by molar-refractivity contribution is -0.384. The van der Waals surface area contributed by atoms with E-state index < -0.39 is 28.6 Å². The van der Waals surface area contributed by atoms with Gasteiger partial charge in [-0.05, 0) is 18.0 Å². The summed E-state index contributed by atoms with van der Waals surface area (Å²) in [7, 11) is 2.36. The van der Waals surface area contributed by atoms with Gasteiger partial charge in [-0.3, -0.25) is 14.9 Å². The van der Waals surface area contributed by atoms with Crippen LogP contribution < -0.4 is 5.32 Å². The summed E-state index contributed by atoms with van der Waals surface area (Å²) in [4.78, 5) is 40.2. The fraction of sp³-hybridized carbons (Fsp3) is 0.455. The highest BCUT2D eigenvalue weighted by molar-refractivity contribution is 6.28. The first-order chi connectivity index (χ1) is 10.4. The lowest BCUT2D eigenvalue weighted by Crippen LogP contribution is -2.32. The standard InChI is InChI=1S/C11H13ClN4O6/c1-21-8(17)4-3-6(10(18)22-2)14-9-7(16(19)20)5-13-11(12)15-9/h5-6H,3-4H2,1-2H3,(H,13,14,15)/t6-/m0/s1. The van der Waals surface area contributed by atoms with Crippen LogP contribution in [0.1, 0.15) is 12.8 Å². The van der Waals surface area contributed by atoms with Crippen molar-refractivity contribution in [3.05, 3.63) is 21.6 Å². The maximum absolute atomic E-state index is 11.7. The van der Waals surface area contributed by atoms with Gasteiger partial charge in [-0.15, -0.1) is 0 Å². The summed E-state index contributed by atoms with van der Waals surface area (Å²) in [6.45, 7) is 0. The second-order valence-electron chi connectivity index (χ2n) is 3.96. The number of methoxy groups -OCH3 is 2. The summed E-state index contributed by atoms with van der Waals surface area (Å²) in [5, 5.41) is 13.2. The van der Waals surface area contributed by atoms with Crippen LogP contribution in [0.5, 0.6) is 0 Å². The van der Waals surface area contributed by atoms with E-state index in [4.69, 9.17) is 11.6 Å². The average Bonchev–Trinajstić information content (AvgIpc) is 2.49. The summed E-state index contributed by atoms with van der Waals surface area (Å²) in [5.74, 6) is -1.50. The number of rotatable bonds is 7. The van der Waals surface area contributed by atoms with Crippen molar-refractivity contribution in [1.29, 1.82) is 0 Å². The normalized spacial score (nSPS) is 11.4. The molecule has 120 valence electrons.